The molecule has 1 amide bonds. The fraction of sp³-hybridized carbons (Fsp3) is 0.778. The molecule has 3 rings (SSSR count). The van der Waals surface area contributed by atoms with Crippen molar-refractivity contribution in [1.82, 2.24) is 9.21 Å². The third kappa shape index (κ3) is 3.29. The molecule has 0 atom stereocenters. The zero-order chi connectivity index (χ0) is 19.1. The summed E-state index contributed by atoms with van der Waals surface area (Å²) in [6, 6.07) is 0. The Morgan fingerprint density at radius 2 is 1.77 bits per heavy atom. The lowest BCUT2D eigenvalue weighted by Gasteiger charge is -2.40. The highest BCUT2D eigenvalue weighted by molar-refractivity contribution is 7.89. The van der Waals surface area contributed by atoms with Crippen LogP contribution in [0.4, 0.5) is 0 Å². The molecule has 3 heterocycles. The van der Waals surface area contributed by atoms with Gasteiger partial charge in [0.1, 0.15) is 5.60 Å². The van der Waals surface area contributed by atoms with Gasteiger partial charge in [-0.3, -0.25) is 4.79 Å². The topological polar surface area (TPSA) is 84.0 Å². The molecule has 0 aromatic carbocycles. The molecule has 26 heavy (non-hydrogen) atoms. The molecule has 7 nitrogen and oxygen atoms in total. The molecule has 0 radical (unpaired) electrons. The van der Waals surface area contributed by atoms with Crippen LogP contribution < -0.4 is 0 Å². The molecule has 8 heteroatoms. The molecule has 0 aliphatic carbocycles. The summed E-state index contributed by atoms with van der Waals surface area (Å²) >= 11 is 0. The minimum atomic E-state index is -3.28. The average molecular weight is 384 g/mol. The number of piperidine rings is 2. The van der Waals surface area contributed by atoms with Crippen LogP contribution in [0, 0.1) is 5.92 Å². The minimum absolute atomic E-state index is 0.0480. The highest BCUT2D eigenvalue weighted by atomic mass is 32.2. The number of sulfonamides is 1. The van der Waals surface area contributed by atoms with Crippen LogP contribution in [-0.4, -0.2) is 67.0 Å². The van der Waals surface area contributed by atoms with Gasteiger partial charge in [0.15, 0.2) is 0 Å². The highest BCUT2D eigenvalue weighted by Crippen LogP contribution is 2.42. The molecule has 0 aromatic heterocycles. The van der Waals surface area contributed by atoms with E-state index in [-0.39, 0.29) is 24.7 Å². The Balaban J connectivity index is 1.82. The number of rotatable bonds is 3. The summed E-state index contributed by atoms with van der Waals surface area (Å²) in [4.78, 5) is 27.2. The maximum Gasteiger partial charge on any atom is 0.335 e. The number of carbonyl (C=O) groups excluding carboxylic acids is 2. The average Bonchev–Trinajstić information content (AvgIpc) is 2.85. The third-order valence-corrected chi connectivity index (χ3v) is 7.88. The number of ether oxygens (including phenoxy) is 1. The Labute approximate surface area is 155 Å². The largest absolute Gasteiger partial charge is 0.450 e. The van der Waals surface area contributed by atoms with Crippen LogP contribution in [0.25, 0.3) is 0 Å². The summed E-state index contributed by atoms with van der Waals surface area (Å²) in [7, 11) is -3.28. The van der Waals surface area contributed by atoms with E-state index >= 15 is 0 Å². The monoisotopic (exact) mass is 384 g/mol. The Morgan fingerprint density at radius 1 is 1.19 bits per heavy atom. The highest BCUT2D eigenvalue weighted by Gasteiger charge is 2.52. The van der Waals surface area contributed by atoms with Gasteiger partial charge >= 0.3 is 5.97 Å². The second kappa shape index (κ2) is 6.96. The molecule has 2 fully saturated rings. The summed E-state index contributed by atoms with van der Waals surface area (Å²) in [5.74, 6) is 0.0801. The molecule has 0 saturated carbocycles. The quantitative estimate of drug-likeness (QED) is 0.685. The van der Waals surface area contributed by atoms with Gasteiger partial charge in [0.25, 0.3) is 5.91 Å². The minimum Gasteiger partial charge on any atom is -0.450 e. The first kappa shape index (κ1) is 19.4. The molecule has 3 aliphatic heterocycles. The second-order valence-corrected chi connectivity index (χ2v) is 9.92. The first-order valence-electron chi connectivity index (χ1n) is 9.42. The van der Waals surface area contributed by atoms with Gasteiger partial charge in [0, 0.05) is 44.6 Å². The normalized spacial score (nSPS) is 25.0. The van der Waals surface area contributed by atoms with E-state index in [0.29, 0.717) is 43.0 Å². The van der Waals surface area contributed by atoms with E-state index in [1.807, 2.05) is 4.90 Å². The Hall–Kier alpha value is -1.41. The van der Waals surface area contributed by atoms with Crippen molar-refractivity contribution in [2.75, 3.05) is 31.9 Å². The van der Waals surface area contributed by atoms with Crippen molar-refractivity contribution < 1.29 is 22.7 Å². The van der Waals surface area contributed by atoms with E-state index in [0.717, 1.165) is 12.8 Å². The van der Waals surface area contributed by atoms with Crippen LogP contribution in [0.3, 0.4) is 0 Å². The third-order valence-electron chi connectivity index (χ3n) is 6.00. The van der Waals surface area contributed by atoms with Gasteiger partial charge in [-0.2, -0.15) is 0 Å². The first-order chi connectivity index (χ1) is 12.2. The van der Waals surface area contributed by atoms with Crippen LogP contribution >= 0.6 is 0 Å². The van der Waals surface area contributed by atoms with Crippen molar-refractivity contribution >= 4 is 21.9 Å². The van der Waals surface area contributed by atoms with Gasteiger partial charge in [0.2, 0.25) is 10.0 Å². The van der Waals surface area contributed by atoms with Gasteiger partial charge < -0.3 is 9.64 Å². The first-order valence-corrected chi connectivity index (χ1v) is 11.0. The smallest absolute Gasteiger partial charge is 0.335 e. The maximum absolute atomic E-state index is 13.2. The Morgan fingerprint density at radius 3 is 2.31 bits per heavy atom. The van der Waals surface area contributed by atoms with Gasteiger partial charge in [-0.05, 0) is 32.6 Å². The van der Waals surface area contributed by atoms with Crippen LogP contribution in [-0.2, 0) is 24.3 Å². The molecule has 1 spiro atoms. The van der Waals surface area contributed by atoms with E-state index in [9.17, 15) is 18.0 Å². The van der Waals surface area contributed by atoms with Crippen LogP contribution in [0.5, 0.6) is 0 Å². The van der Waals surface area contributed by atoms with Gasteiger partial charge in [-0.1, -0.05) is 6.92 Å². The van der Waals surface area contributed by atoms with E-state index in [2.05, 4.69) is 6.92 Å². The summed E-state index contributed by atoms with van der Waals surface area (Å²) in [5, 5.41) is 0. The van der Waals surface area contributed by atoms with Gasteiger partial charge in [-0.15, -0.1) is 0 Å². The lowest BCUT2D eigenvalue weighted by atomic mass is 9.82. The number of likely N-dealkylation sites (tertiary alicyclic amines) is 1. The molecular formula is C18H28N2O5S. The maximum atomic E-state index is 13.2. The van der Waals surface area contributed by atoms with Crippen LogP contribution in [0.2, 0.25) is 0 Å². The van der Waals surface area contributed by atoms with E-state index in [4.69, 9.17) is 4.74 Å². The van der Waals surface area contributed by atoms with Gasteiger partial charge in [-0.25, -0.2) is 17.5 Å². The SMILES string of the molecule is CCS(=O)(=O)N1CCC2(CC1)OC(=O)C(C)=C2C(=O)N1CCC(C)CC1. The molecule has 0 unspecified atom stereocenters. The lowest BCUT2D eigenvalue weighted by Crippen LogP contribution is -2.51. The Bertz CT molecular complexity index is 727. The zero-order valence-corrected chi connectivity index (χ0v) is 16.6. The predicted molar refractivity (Wildman–Crippen MR) is 96.8 cm³/mol. The number of hydrogen-bond acceptors (Lipinski definition) is 5. The molecule has 146 valence electrons. The molecule has 0 bridgehead atoms. The number of hydrogen-bond donors (Lipinski definition) is 0. The number of nitrogens with zero attached hydrogens (tertiary/aromatic N) is 2. The van der Waals surface area contributed by atoms with Crippen molar-refractivity contribution in [1.29, 1.82) is 0 Å². The van der Waals surface area contributed by atoms with Crippen molar-refractivity contribution in [3.05, 3.63) is 11.1 Å². The van der Waals surface area contributed by atoms with Gasteiger partial charge in [0.05, 0.1) is 11.3 Å². The molecule has 3 aliphatic rings. The molecule has 2 saturated heterocycles. The van der Waals surface area contributed by atoms with Crippen molar-refractivity contribution in [3.8, 4) is 0 Å². The second-order valence-electron chi connectivity index (χ2n) is 7.66. The summed E-state index contributed by atoms with van der Waals surface area (Å²) in [6.07, 6.45) is 2.59. The molecule has 0 N–H and O–H groups in total. The zero-order valence-electron chi connectivity index (χ0n) is 15.8. The standard InChI is InChI=1S/C18H28N2O5S/c1-4-26(23,24)20-11-7-18(8-12-20)15(14(3)17(22)25-18)16(21)19-9-5-13(2)6-10-19/h13H,4-12H2,1-3H3. The summed E-state index contributed by atoms with van der Waals surface area (Å²) in [6.45, 7) is 7.36. The fourth-order valence-electron chi connectivity index (χ4n) is 4.13. The van der Waals surface area contributed by atoms with Crippen molar-refractivity contribution in [2.24, 2.45) is 5.92 Å². The van der Waals surface area contributed by atoms with Crippen molar-refractivity contribution in [3.63, 3.8) is 0 Å². The predicted octanol–water partition coefficient (Wildman–Crippen LogP) is 1.30. The fourth-order valence-corrected chi connectivity index (χ4v) is 5.24. The van der Waals surface area contributed by atoms with E-state index in [1.165, 1.54) is 4.31 Å². The lowest BCUT2D eigenvalue weighted by molar-refractivity contribution is -0.150. The van der Waals surface area contributed by atoms with Crippen molar-refractivity contribution in [2.45, 2.75) is 52.1 Å². The van der Waals surface area contributed by atoms with Crippen LogP contribution in [0.15, 0.2) is 11.1 Å². The summed E-state index contributed by atoms with van der Waals surface area (Å²) < 4.78 is 31.3. The number of amides is 1. The van der Waals surface area contributed by atoms with E-state index < -0.39 is 21.6 Å². The summed E-state index contributed by atoms with van der Waals surface area (Å²) in [5.41, 5.74) is -0.146. The molecular weight excluding hydrogens is 356 g/mol. The molecule has 0 aromatic rings. The number of esters is 1. The number of carbonyl (C=O) groups is 2. The van der Waals surface area contributed by atoms with Crippen LogP contribution in [0.1, 0.15) is 46.5 Å². The van der Waals surface area contributed by atoms with E-state index in [1.54, 1.807) is 13.8 Å². The Kier molecular flexibility index (Phi) is 5.18.